The number of carbonyl (C=O) groups is 1. The molecule has 1 aliphatic heterocycles. The smallest absolute Gasteiger partial charge is 0.307 e. The monoisotopic (exact) mass is 504 g/mol. The molecule has 1 fully saturated rings. The van der Waals surface area contributed by atoms with Crippen molar-refractivity contribution in [1.82, 2.24) is 0 Å². The van der Waals surface area contributed by atoms with Gasteiger partial charge in [0.25, 0.3) is 0 Å². The zero-order valence-corrected chi connectivity index (χ0v) is 21.0. The minimum atomic E-state index is -0.817. The summed E-state index contributed by atoms with van der Waals surface area (Å²) < 4.78 is 36.1. The Balaban J connectivity index is 1.63. The van der Waals surface area contributed by atoms with E-state index in [9.17, 15) is 4.79 Å². The van der Waals surface area contributed by atoms with Crippen LogP contribution >= 0.6 is 0 Å². The quantitative estimate of drug-likeness (QED) is 0.264. The van der Waals surface area contributed by atoms with Crippen LogP contribution < -0.4 is 0 Å². The van der Waals surface area contributed by atoms with E-state index in [1.807, 2.05) is 91.0 Å². The van der Waals surface area contributed by atoms with E-state index in [2.05, 4.69) is 0 Å². The lowest BCUT2D eigenvalue weighted by atomic mass is 10.0. The molecule has 0 unspecified atom stereocenters. The van der Waals surface area contributed by atoms with Gasteiger partial charge in [0.1, 0.15) is 24.6 Å². The molecule has 4 atom stereocenters. The number of benzene rings is 3. The molecule has 0 N–H and O–H groups in total. The first kappa shape index (κ1) is 26.6. The highest BCUT2D eigenvalue weighted by Gasteiger charge is 2.47. The lowest BCUT2D eigenvalue weighted by molar-refractivity contribution is -0.271. The molecule has 0 spiro atoms. The van der Waals surface area contributed by atoms with Gasteiger partial charge in [-0.1, -0.05) is 91.0 Å². The van der Waals surface area contributed by atoms with E-state index >= 15 is 0 Å². The van der Waals surface area contributed by atoms with Crippen LogP contribution in [0.15, 0.2) is 103 Å². The van der Waals surface area contributed by atoms with Crippen LogP contribution in [0.25, 0.3) is 0 Å². The Morgan fingerprint density at radius 1 is 0.730 bits per heavy atom. The van der Waals surface area contributed by atoms with Gasteiger partial charge in [0.2, 0.25) is 6.29 Å². The van der Waals surface area contributed by atoms with Gasteiger partial charge >= 0.3 is 5.97 Å². The van der Waals surface area contributed by atoms with Gasteiger partial charge in [0.05, 0.1) is 19.8 Å². The highest BCUT2D eigenvalue weighted by atomic mass is 16.7. The molecule has 194 valence electrons. The zero-order chi connectivity index (χ0) is 25.9. The van der Waals surface area contributed by atoms with Crippen molar-refractivity contribution in [3.63, 3.8) is 0 Å². The Labute approximate surface area is 217 Å². The van der Waals surface area contributed by atoms with Gasteiger partial charge in [-0.2, -0.15) is 0 Å². The minimum Gasteiger partial charge on any atom is -0.460 e. The van der Waals surface area contributed by atoms with Gasteiger partial charge in [-0.05, 0) is 16.7 Å². The topological polar surface area (TPSA) is 72.5 Å². The van der Waals surface area contributed by atoms with Crippen molar-refractivity contribution in [2.75, 3.05) is 7.11 Å². The Bertz CT molecular complexity index is 1120. The summed E-state index contributed by atoms with van der Waals surface area (Å²) in [6.07, 6.45) is -1.55. The maximum absolute atomic E-state index is 11.6. The number of methoxy groups -OCH3 is 1. The second-order valence-electron chi connectivity index (χ2n) is 8.59. The predicted octanol–water partition coefficient (Wildman–Crippen LogP) is 5.15. The van der Waals surface area contributed by atoms with Crippen molar-refractivity contribution in [2.45, 2.75) is 51.3 Å². The standard InChI is InChI=1S/C30H32O7/c1-22(31)33-21-26-27(34-18-23-12-6-3-7-13-23)28(35-19-24-14-8-4-9-15-24)29(30(32-2)37-26)36-20-25-16-10-5-11-17-25/h3-17,21,27-30H,18-20H2,1-2H3/b26-21-/t27-,28-,29+,30-/m0/s1. The highest BCUT2D eigenvalue weighted by Crippen LogP contribution is 2.33. The van der Waals surface area contributed by atoms with Crippen molar-refractivity contribution in [1.29, 1.82) is 0 Å². The molecule has 1 aliphatic rings. The third kappa shape index (κ3) is 7.74. The first-order chi connectivity index (χ1) is 18.1. The fourth-order valence-corrected chi connectivity index (χ4v) is 4.00. The van der Waals surface area contributed by atoms with Crippen LogP contribution in [0, 0.1) is 0 Å². The molecule has 37 heavy (non-hydrogen) atoms. The molecule has 0 aliphatic carbocycles. The summed E-state index contributed by atoms with van der Waals surface area (Å²) in [5, 5.41) is 0. The Morgan fingerprint density at radius 2 is 1.19 bits per heavy atom. The van der Waals surface area contributed by atoms with E-state index < -0.39 is 30.6 Å². The molecule has 7 nitrogen and oxygen atoms in total. The largest absolute Gasteiger partial charge is 0.460 e. The fraction of sp³-hybridized carbons (Fsp3) is 0.300. The summed E-state index contributed by atoms with van der Waals surface area (Å²) in [6.45, 7) is 2.26. The molecule has 0 aromatic heterocycles. The summed E-state index contributed by atoms with van der Waals surface area (Å²) >= 11 is 0. The first-order valence-corrected chi connectivity index (χ1v) is 12.2. The van der Waals surface area contributed by atoms with Crippen LogP contribution in [-0.2, 0) is 53.0 Å². The average molecular weight is 505 g/mol. The Kier molecular flexibility index (Phi) is 9.85. The van der Waals surface area contributed by atoms with Gasteiger partial charge in [0.15, 0.2) is 5.76 Å². The fourth-order valence-electron chi connectivity index (χ4n) is 4.00. The number of ether oxygens (including phenoxy) is 6. The van der Waals surface area contributed by atoms with Gasteiger partial charge in [-0.3, -0.25) is 4.79 Å². The van der Waals surface area contributed by atoms with Crippen molar-refractivity contribution in [3.8, 4) is 0 Å². The predicted molar refractivity (Wildman–Crippen MR) is 137 cm³/mol. The molecule has 0 bridgehead atoms. The summed E-state index contributed by atoms with van der Waals surface area (Å²) in [6, 6.07) is 29.5. The minimum absolute atomic E-state index is 0.288. The summed E-state index contributed by atoms with van der Waals surface area (Å²) in [7, 11) is 1.53. The van der Waals surface area contributed by atoms with E-state index in [0.29, 0.717) is 19.8 Å². The van der Waals surface area contributed by atoms with Crippen molar-refractivity contribution >= 4 is 5.97 Å². The van der Waals surface area contributed by atoms with Crippen LogP contribution in [0.1, 0.15) is 23.6 Å². The normalized spacial score (nSPS) is 22.4. The molecule has 0 radical (unpaired) electrons. The zero-order valence-electron chi connectivity index (χ0n) is 21.0. The third-order valence-corrected chi connectivity index (χ3v) is 5.84. The van der Waals surface area contributed by atoms with Gasteiger partial charge < -0.3 is 28.4 Å². The number of carbonyl (C=O) groups excluding carboxylic acids is 1. The van der Waals surface area contributed by atoms with Gasteiger partial charge in [0, 0.05) is 14.0 Å². The van der Waals surface area contributed by atoms with Crippen LogP contribution in [-0.4, -0.2) is 37.7 Å². The molecule has 4 rings (SSSR count). The van der Waals surface area contributed by atoms with Crippen LogP contribution in [0.2, 0.25) is 0 Å². The summed E-state index contributed by atoms with van der Waals surface area (Å²) in [5.74, 6) is -0.188. The lowest BCUT2D eigenvalue weighted by Gasteiger charge is -2.42. The molecule has 1 heterocycles. The molecule has 1 saturated heterocycles. The summed E-state index contributed by atoms with van der Waals surface area (Å²) in [4.78, 5) is 11.6. The van der Waals surface area contributed by atoms with Crippen molar-refractivity contribution in [2.24, 2.45) is 0 Å². The molecule has 0 amide bonds. The lowest BCUT2D eigenvalue weighted by Crippen LogP contribution is -2.55. The highest BCUT2D eigenvalue weighted by molar-refractivity contribution is 5.66. The molecular formula is C30H32O7. The van der Waals surface area contributed by atoms with Gasteiger partial charge in [-0.15, -0.1) is 0 Å². The molecule has 0 saturated carbocycles. The second-order valence-corrected chi connectivity index (χ2v) is 8.59. The van der Waals surface area contributed by atoms with Gasteiger partial charge in [-0.25, -0.2) is 0 Å². The molecule has 3 aromatic rings. The van der Waals surface area contributed by atoms with E-state index in [4.69, 9.17) is 28.4 Å². The van der Waals surface area contributed by atoms with Crippen LogP contribution in [0.3, 0.4) is 0 Å². The van der Waals surface area contributed by atoms with Crippen LogP contribution in [0.5, 0.6) is 0 Å². The van der Waals surface area contributed by atoms with E-state index in [1.54, 1.807) is 0 Å². The number of rotatable bonds is 11. The number of hydrogen-bond acceptors (Lipinski definition) is 7. The van der Waals surface area contributed by atoms with Crippen molar-refractivity contribution < 1.29 is 33.2 Å². The Morgan fingerprint density at radius 3 is 1.65 bits per heavy atom. The second kappa shape index (κ2) is 13.7. The Hall–Kier alpha value is -3.49. The van der Waals surface area contributed by atoms with E-state index in [-0.39, 0.29) is 5.76 Å². The number of hydrogen-bond donors (Lipinski definition) is 0. The van der Waals surface area contributed by atoms with Crippen LogP contribution in [0.4, 0.5) is 0 Å². The average Bonchev–Trinajstić information content (AvgIpc) is 2.94. The first-order valence-electron chi connectivity index (χ1n) is 12.2. The van der Waals surface area contributed by atoms with E-state index in [0.717, 1.165) is 16.7 Å². The maximum atomic E-state index is 11.6. The maximum Gasteiger partial charge on any atom is 0.307 e. The molecule has 7 heteroatoms. The third-order valence-electron chi connectivity index (χ3n) is 5.84. The SMILES string of the molecule is CO[C@H]1O/C(=C\OC(C)=O)[C@H](OCc2ccccc2)[C@H](OCc2ccccc2)[C@H]1OCc1ccccc1. The molecular weight excluding hydrogens is 472 g/mol. The summed E-state index contributed by atoms with van der Waals surface area (Å²) in [5.41, 5.74) is 2.98. The van der Waals surface area contributed by atoms with E-state index in [1.165, 1.54) is 20.3 Å². The molecule has 3 aromatic carbocycles. The van der Waals surface area contributed by atoms with Crippen molar-refractivity contribution in [3.05, 3.63) is 120 Å². The number of esters is 1.